The van der Waals surface area contributed by atoms with Gasteiger partial charge in [0, 0.05) is 13.1 Å². The number of rotatable bonds is 1. The Bertz CT molecular complexity index is 165. The Morgan fingerprint density at radius 2 is 2.50 bits per heavy atom. The highest BCUT2D eigenvalue weighted by Gasteiger charge is 2.18. The van der Waals surface area contributed by atoms with E-state index in [1.54, 1.807) is 6.08 Å². The second-order valence-electron chi connectivity index (χ2n) is 2.59. The quantitative estimate of drug-likeness (QED) is 0.530. The van der Waals surface area contributed by atoms with Gasteiger partial charge in [-0.05, 0) is 7.05 Å². The summed E-state index contributed by atoms with van der Waals surface area (Å²) in [5, 5.41) is 8.58. The third-order valence-corrected chi connectivity index (χ3v) is 1.61. The molecule has 0 saturated carbocycles. The maximum Gasteiger partial charge on any atom is 0.311 e. The second kappa shape index (κ2) is 2.84. The zero-order valence-corrected chi connectivity index (χ0v) is 5.95. The lowest BCUT2D eigenvalue weighted by molar-refractivity contribution is -0.140. The van der Waals surface area contributed by atoms with E-state index in [0.717, 1.165) is 6.54 Å². The highest BCUT2D eigenvalue weighted by Crippen LogP contribution is 2.06. The summed E-state index contributed by atoms with van der Waals surface area (Å²) in [6.45, 7) is 1.50. The fourth-order valence-electron chi connectivity index (χ4n) is 1.04. The van der Waals surface area contributed by atoms with Gasteiger partial charge in [-0.2, -0.15) is 0 Å². The first kappa shape index (κ1) is 7.28. The molecule has 10 heavy (non-hydrogen) atoms. The lowest BCUT2D eigenvalue weighted by Gasteiger charge is -2.21. The maximum atomic E-state index is 10.4. The van der Waals surface area contributed by atoms with Crippen molar-refractivity contribution in [3.8, 4) is 0 Å². The van der Waals surface area contributed by atoms with Crippen LogP contribution in [0.15, 0.2) is 12.2 Å². The number of nitrogens with zero attached hydrogens (tertiary/aromatic N) is 1. The average Bonchev–Trinajstić information content (AvgIpc) is 1.88. The Balaban J connectivity index is 2.55. The van der Waals surface area contributed by atoms with Crippen molar-refractivity contribution >= 4 is 5.97 Å². The molecule has 0 aromatic rings. The van der Waals surface area contributed by atoms with Crippen molar-refractivity contribution in [2.24, 2.45) is 5.92 Å². The highest BCUT2D eigenvalue weighted by atomic mass is 16.4. The van der Waals surface area contributed by atoms with Crippen molar-refractivity contribution in [2.45, 2.75) is 0 Å². The van der Waals surface area contributed by atoms with Crippen molar-refractivity contribution in [2.75, 3.05) is 20.1 Å². The summed E-state index contributed by atoms with van der Waals surface area (Å²) >= 11 is 0. The fourth-order valence-corrected chi connectivity index (χ4v) is 1.04. The van der Waals surface area contributed by atoms with Crippen molar-refractivity contribution in [1.29, 1.82) is 0 Å². The van der Waals surface area contributed by atoms with E-state index in [1.807, 2.05) is 18.0 Å². The summed E-state index contributed by atoms with van der Waals surface area (Å²) in [4.78, 5) is 12.4. The number of aliphatic carboxylic acids is 1. The molecular weight excluding hydrogens is 130 g/mol. The van der Waals surface area contributed by atoms with E-state index in [4.69, 9.17) is 5.11 Å². The van der Waals surface area contributed by atoms with Crippen LogP contribution in [0.1, 0.15) is 0 Å². The molecule has 1 atom stereocenters. The highest BCUT2D eigenvalue weighted by molar-refractivity contribution is 5.72. The molecule has 1 unspecified atom stereocenters. The van der Waals surface area contributed by atoms with E-state index < -0.39 is 5.97 Å². The molecule has 1 rings (SSSR count). The van der Waals surface area contributed by atoms with Crippen LogP contribution in [0.5, 0.6) is 0 Å². The smallest absolute Gasteiger partial charge is 0.311 e. The van der Waals surface area contributed by atoms with Gasteiger partial charge in [-0.25, -0.2) is 0 Å². The molecule has 0 aromatic heterocycles. The van der Waals surface area contributed by atoms with Gasteiger partial charge in [-0.1, -0.05) is 12.2 Å². The van der Waals surface area contributed by atoms with Crippen molar-refractivity contribution in [1.82, 2.24) is 4.90 Å². The maximum absolute atomic E-state index is 10.4. The number of carboxylic acid groups (broad SMARTS) is 1. The van der Waals surface area contributed by atoms with Crippen molar-refractivity contribution in [3.05, 3.63) is 12.2 Å². The van der Waals surface area contributed by atoms with E-state index >= 15 is 0 Å². The minimum absolute atomic E-state index is 0.307. The van der Waals surface area contributed by atoms with Crippen LogP contribution < -0.4 is 0 Å². The van der Waals surface area contributed by atoms with Gasteiger partial charge >= 0.3 is 5.97 Å². The van der Waals surface area contributed by atoms with Crippen LogP contribution in [0, 0.1) is 5.92 Å². The van der Waals surface area contributed by atoms with E-state index in [0.29, 0.717) is 6.54 Å². The second-order valence-corrected chi connectivity index (χ2v) is 2.59. The predicted octanol–water partition coefficient (Wildman–Crippen LogP) is 0.189. The molecule has 1 aliphatic heterocycles. The molecule has 0 fully saturated rings. The number of carboxylic acids is 1. The summed E-state index contributed by atoms with van der Waals surface area (Å²) in [6, 6.07) is 0. The van der Waals surface area contributed by atoms with E-state index in [1.165, 1.54) is 0 Å². The van der Waals surface area contributed by atoms with E-state index in [2.05, 4.69) is 0 Å². The molecule has 3 heteroatoms. The van der Waals surface area contributed by atoms with Gasteiger partial charge in [0.25, 0.3) is 0 Å². The summed E-state index contributed by atoms with van der Waals surface area (Å²) < 4.78 is 0. The average molecular weight is 141 g/mol. The van der Waals surface area contributed by atoms with Crippen LogP contribution in [0.3, 0.4) is 0 Å². The molecule has 0 spiro atoms. The molecule has 1 N–H and O–H groups in total. The van der Waals surface area contributed by atoms with Gasteiger partial charge in [0.1, 0.15) is 0 Å². The number of hydrogen-bond donors (Lipinski definition) is 1. The molecule has 1 heterocycles. The van der Waals surface area contributed by atoms with Gasteiger partial charge in [0.05, 0.1) is 5.92 Å². The van der Waals surface area contributed by atoms with E-state index in [-0.39, 0.29) is 5.92 Å². The molecule has 0 bridgehead atoms. The Morgan fingerprint density at radius 1 is 1.80 bits per heavy atom. The van der Waals surface area contributed by atoms with E-state index in [9.17, 15) is 4.79 Å². The normalized spacial score (nSPS) is 26.7. The largest absolute Gasteiger partial charge is 0.481 e. The zero-order chi connectivity index (χ0) is 7.56. The van der Waals surface area contributed by atoms with Crippen LogP contribution >= 0.6 is 0 Å². The van der Waals surface area contributed by atoms with Crippen LogP contribution in [0.2, 0.25) is 0 Å². The van der Waals surface area contributed by atoms with Crippen LogP contribution in [-0.2, 0) is 4.79 Å². The molecular formula is C7H11NO2. The van der Waals surface area contributed by atoms with Gasteiger partial charge < -0.3 is 10.0 Å². The SMILES string of the molecule is CN1CC=CC(C(=O)O)C1. The Labute approximate surface area is 59.9 Å². The summed E-state index contributed by atoms with van der Waals surface area (Å²) in [5.74, 6) is -1.04. The lowest BCUT2D eigenvalue weighted by Crippen LogP contribution is -2.32. The van der Waals surface area contributed by atoms with Crippen LogP contribution in [-0.4, -0.2) is 36.1 Å². The Hall–Kier alpha value is -0.830. The number of hydrogen-bond acceptors (Lipinski definition) is 2. The molecule has 0 aromatic carbocycles. The Kier molecular flexibility index (Phi) is 2.06. The standard InChI is InChI=1S/C7H11NO2/c1-8-4-2-3-6(5-8)7(9)10/h2-3,6H,4-5H2,1H3,(H,9,10). The molecule has 0 amide bonds. The predicted molar refractivity (Wildman–Crippen MR) is 37.8 cm³/mol. The first-order valence-electron chi connectivity index (χ1n) is 3.28. The fraction of sp³-hybridized carbons (Fsp3) is 0.571. The molecule has 0 aliphatic carbocycles. The number of carbonyl (C=O) groups is 1. The lowest BCUT2D eigenvalue weighted by atomic mass is 10.1. The molecule has 0 saturated heterocycles. The first-order valence-corrected chi connectivity index (χ1v) is 3.28. The Morgan fingerprint density at radius 3 is 2.90 bits per heavy atom. The topological polar surface area (TPSA) is 40.5 Å². The molecule has 1 aliphatic rings. The van der Waals surface area contributed by atoms with Crippen molar-refractivity contribution in [3.63, 3.8) is 0 Å². The zero-order valence-electron chi connectivity index (χ0n) is 5.95. The summed E-state index contributed by atoms with van der Waals surface area (Å²) in [6.07, 6.45) is 3.64. The summed E-state index contributed by atoms with van der Waals surface area (Å²) in [7, 11) is 1.92. The minimum atomic E-state index is -0.734. The van der Waals surface area contributed by atoms with Gasteiger partial charge in [-0.3, -0.25) is 4.79 Å². The third-order valence-electron chi connectivity index (χ3n) is 1.61. The van der Waals surface area contributed by atoms with Crippen molar-refractivity contribution < 1.29 is 9.90 Å². The van der Waals surface area contributed by atoms with Gasteiger partial charge in [-0.15, -0.1) is 0 Å². The first-order chi connectivity index (χ1) is 4.70. The van der Waals surface area contributed by atoms with Gasteiger partial charge in [0.15, 0.2) is 0 Å². The molecule has 56 valence electrons. The monoisotopic (exact) mass is 141 g/mol. The van der Waals surface area contributed by atoms with Gasteiger partial charge in [0.2, 0.25) is 0 Å². The summed E-state index contributed by atoms with van der Waals surface area (Å²) in [5.41, 5.74) is 0. The molecule has 0 radical (unpaired) electrons. The minimum Gasteiger partial charge on any atom is -0.481 e. The van der Waals surface area contributed by atoms with Crippen LogP contribution in [0.4, 0.5) is 0 Å². The third kappa shape index (κ3) is 1.57. The number of likely N-dealkylation sites (N-methyl/N-ethyl adjacent to an activating group) is 1. The molecule has 3 nitrogen and oxygen atoms in total. The van der Waals surface area contributed by atoms with Crippen LogP contribution in [0.25, 0.3) is 0 Å².